The van der Waals surface area contributed by atoms with E-state index in [-0.39, 0.29) is 24.7 Å². The average Bonchev–Trinajstić information content (AvgIpc) is 2.02. The summed E-state index contributed by atoms with van der Waals surface area (Å²) in [5.74, 6) is -0.470. The number of ketones is 1. The lowest BCUT2D eigenvalue weighted by atomic mass is 10.2. The number of carbonyl (C=O) groups excluding carboxylic acids is 2. The van der Waals surface area contributed by atoms with Gasteiger partial charge in [-0.3, -0.25) is 9.59 Å². The molecule has 2 N–H and O–H groups in total. The maximum Gasteiger partial charge on any atom is 0.227 e. The van der Waals surface area contributed by atoms with E-state index >= 15 is 0 Å². The van der Waals surface area contributed by atoms with E-state index in [0.29, 0.717) is 13.0 Å². The predicted molar refractivity (Wildman–Crippen MR) is 50.8 cm³/mol. The predicted octanol–water partition coefficient (Wildman–Crippen LogP) is -0.521. The Morgan fingerprint density at radius 1 is 1.50 bits per heavy atom. The standard InChI is InChI=1S/C9H17NO4/c1-7(11)5-9(13)10-4-3-8(12)6-14-2/h8,12H,3-6H2,1-2H3,(H,10,13). The second-order valence-corrected chi connectivity index (χ2v) is 3.13. The van der Waals surface area contributed by atoms with E-state index in [9.17, 15) is 14.7 Å². The van der Waals surface area contributed by atoms with Gasteiger partial charge in [0.2, 0.25) is 5.91 Å². The SMILES string of the molecule is COCC(O)CCNC(=O)CC(C)=O. The zero-order valence-electron chi connectivity index (χ0n) is 8.58. The first kappa shape index (κ1) is 13.1. The quantitative estimate of drug-likeness (QED) is 0.546. The van der Waals surface area contributed by atoms with Gasteiger partial charge in [-0.1, -0.05) is 0 Å². The number of Topliss-reactive ketones (excluding diaryl/α,β-unsaturated/α-hetero) is 1. The third kappa shape index (κ3) is 7.70. The van der Waals surface area contributed by atoms with Crippen LogP contribution in [-0.4, -0.2) is 43.2 Å². The van der Waals surface area contributed by atoms with Crippen LogP contribution < -0.4 is 5.32 Å². The van der Waals surface area contributed by atoms with Gasteiger partial charge in [0, 0.05) is 13.7 Å². The highest BCUT2D eigenvalue weighted by atomic mass is 16.5. The van der Waals surface area contributed by atoms with E-state index in [1.165, 1.54) is 14.0 Å². The van der Waals surface area contributed by atoms with Crippen LogP contribution in [0.5, 0.6) is 0 Å². The van der Waals surface area contributed by atoms with E-state index in [1.807, 2.05) is 0 Å². The van der Waals surface area contributed by atoms with Crippen LogP contribution in [0.3, 0.4) is 0 Å². The number of aliphatic hydroxyl groups is 1. The van der Waals surface area contributed by atoms with Crippen molar-refractivity contribution in [2.24, 2.45) is 0 Å². The van der Waals surface area contributed by atoms with Gasteiger partial charge in [0.25, 0.3) is 0 Å². The van der Waals surface area contributed by atoms with Crippen LogP contribution in [0, 0.1) is 0 Å². The number of carbonyl (C=O) groups is 2. The summed E-state index contributed by atoms with van der Waals surface area (Å²) in [6.45, 7) is 1.97. The number of amides is 1. The summed E-state index contributed by atoms with van der Waals surface area (Å²) in [7, 11) is 1.50. The first-order valence-electron chi connectivity index (χ1n) is 4.49. The topological polar surface area (TPSA) is 75.6 Å². The molecule has 0 aromatic heterocycles. The zero-order valence-corrected chi connectivity index (χ0v) is 8.58. The van der Waals surface area contributed by atoms with Gasteiger partial charge in [0.05, 0.1) is 19.1 Å². The molecule has 0 aliphatic carbocycles. The number of aliphatic hydroxyl groups excluding tert-OH is 1. The van der Waals surface area contributed by atoms with Crippen LogP contribution in [-0.2, 0) is 14.3 Å². The second kappa shape index (κ2) is 7.46. The molecule has 1 atom stereocenters. The van der Waals surface area contributed by atoms with Crippen LogP contribution in [0.2, 0.25) is 0 Å². The summed E-state index contributed by atoms with van der Waals surface area (Å²) < 4.78 is 4.71. The molecule has 0 rings (SSSR count). The molecule has 14 heavy (non-hydrogen) atoms. The maximum atomic E-state index is 10.9. The molecule has 0 aromatic carbocycles. The molecule has 0 saturated carbocycles. The highest BCUT2D eigenvalue weighted by Gasteiger charge is 2.06. The lowest BCUT2D eigenvalue weighted by Crippen LogP contribution is -2.29. The molecule has 1 unspecified atom stereocenters. The van der Waals surface area contributed by atoms with Crippen molar-refractivity contribution in [3.05, 3.63) is 0 Å². The number of rotatable bonds is 7. The molecular formula is C9H17NO4. The Bertz CT molecular complexity index is 193. The van der Waals surface area contributed by atoms with Gasteiger partial charge in [-0.25, -0.2) is 0 Å². The molecule has 0 aliphatic heterocycles. The lowest BCUT2D eigenvalue weighted by Gasteiger charge is -2.09. The van der Waals surface area contributed by atoms with Crippen molar-refractivity contribution < 1.29 is 19.4 Å². The van der Waals surface area contributed by atoms with E-state index < -0.39 is 6.10 Å². The molecule has 82 valence electrons. The van der Waals surface area contributed by atoms with Crippen molar-refractivity contribution in [3.8, 4) is 0 Å². The molecule has 0 saturated heterocycles. The van der Waals surface area contributed by atoms with Gasteiger partial charge in [0.1, 0.15) is 5.78 Å². The molecule has 0 aromatic rings. The van der Waals surface area contributed by atoms with Crippen molar-refractivity contribution in [1.29, 1.82) is 0 Å². The van der Waals surface area contributed by atoms with Gasteiger partial charge >= 0.3 is 0 Å². The molecule has 0 radical (unpaired) electrons. The monoisotopic (exact) mass is 203 g/mol. The lowest BCUT2D eigenvalue weighted by molar-refractivity contribution is -0.127. The van der Waals surface area contributed by atoms with Crippen LogP contribution in [0.4, 0.5) is 0 Å². The Labute approximate surface area is 83.4 Å². The molecule has 0 fully saturated rings. The normalized spacial score (nSPS) is 12.2. The van der Waals surface area contributed by atoms with Gasteiger partial charge in [-0.15, -0.1) is 0 Å². The van der Waals surface area contributed by atoms with E-state index in [1.54, 1.807) is 0 Å². The van der Waals surface area contributed by atoms with Gasteiger partial charge in [-0.2, -0.15) is 0 Å². The van der Waals surface area contributed by atoms with Crippen molar-refractivity contribution in [2.75, 3.05) is 20.3 Å². The first-order chi connectivity index (χ1) is 6.56. The van der Waals surface area contributed by atoms with E-state index in [0.717, 1.165) is 0 Å². The first-order valence-corrected chi connectivity index (χ1v) is 4.49. The van der Waals surface area contributed by atoms with Crippen LogP contribution in [0.25, 0.3) is 0 Å². The fraction of sp³-hybridized carbons (Fsp3) is 0.778. The largest absolute Gasteiger partial charge is 0.391 e. The number of hydrogen-bond acceptors (Lipinski definition) is 4. The second-order valence-electron chi connectivity index (χ2n) is 3.13. The minimum Gasteiger partial charge on any atom is -0.391 e. The van der Waals surface area contributed by atoms with Crippen LogP contribution >= 0.6 is 0 Å². The Kier molecular flexibility index (Phi) is 6.96. The van der Waals surface area contributed by atoms with Crippen molar-refractivity contribution in [3.63, 3.8) is 0 Å². The summed E-state index contributed by atoms with van der Waals surface area (Å²) >= 11 is 0. The smallest absolute Gasteiger partial charge is 0.227 e. The fourth-order valence-electron chi connectivity index (χ4n) is 0.943. The Balaban J connectivity index is 3.44. The summed E-state index contributed by atoms with van der Waals surface area (Å²) in [6, 6.07) is 0. The van der Waals surface area contributed by atoms with Crippen molar-refractivity contribution in [2.45, 2.75) is 25.9 Å². The molecular weight excluding hydrogens is 186 g/mol. The third-order valence-corrected chi connectivity index (χ3v) is 1.57. The Hall–Kier alpha value is -0.940. The molecule has 0 spiro atoms. The number of methoxy groups -OCH3 is 1. The van der Waals surface area contributed by atoms with Crippen molar-refractivity contribution >= 4 is 11.7 Å². The molecule has 0 heterocycles. The molecule has 5 nitrogen and oxygen atoms in total. The Morgan fingerprint density at radius 3 is 2.64 bits per heavy atom. The summed E-state index contributed by atoms with van der Waals surface area (Å²) in [6.07, 6.45) is -0.240. The Morgan fingerprint density at radius 2 is 2.14 bits per heavy atom. The summed E-state index contributed by atoms with van der Waals surface area (Å²) in [5, 5.41) is 11.7. The van der Waals surface area contributed by atoms with Crippen molar-refractivity contribution in [1.82, 2.24) is 5.32 Å². The average molecular weight is 203 g/mol. The van der Waals surface area contributed by atoms with Gasteiger partial charge in [0.15, 0.2) is 0 Å². The van der Waals surface area contributed by atoms with Gasteiger partial charge < -0.3 is 15.2 Å². The highest BCUT2D eigenvalue weighted by Crippen LogP contribution is 1.90. The van der Waals surface area contributed by atoms with E-state index in [4.69, 9.17) is 4.74 Å². The third-order valence-electron chi connectivity index (χ3n) is 1.57. The molecule has 0 bridgehead atoms. The molecule has 0 aliphatic rings. The molecule has 5 heteroatoms. The highest BCUT2D eigenvalue weighted by molar-refractivity contribution is 5.96. The van der Waals surface area contributed by atoms with Crippen LogP contribution in [0.1, 0.15) is 19.8 Å². The van der Waals surface area contributed by atoms with Crippen LogP contribution in [0.15, 0.2) is 0 Å². The minimum absolute atomic E-state index is 0.0969. The molecule has 1 amide bonds. The minimum atomic E-state index is -0.572. The number of nitrogens with one attached hydrogen (secondary N) is 1. The maximum absolute atomic E-state index is 10.9. The van der Waals surface area contributed by atoms with E-state index in [2.05, 4.69) is 5.32 Å². The number of ether oxygens (including phenoxy) is 1. The fourth-order valence-corrected chi connectivity index (χ4v) is 0.943. The summed E-state index contributed by atoms with van der Waals surface area (Å²) in [4.78, 5) is 21.5. The summed E-state index contributed by atoms with van der Waals surface area (Å²) in [5.41, 5.74) is 0. The zero-order chi connectivity index (χ0) is 11.0. The van der Waals surface area contributed by atoms with Gasteiger partial charge in [-0.05, 0) is 13.3 Å². The number of hydrogen-bond donors (Lipinski definition) is 2.